The van der Waals surface area contributed by atoms with Gasteiger partial charge in [0.2, 0.25) is 6.79 Å². The van der Waals surface area contributed by atoms with Crippen LogP contribution in [0.2, 0.25) is 0 Å². The summed E-state index contributed by atoms with van der Waals surface area (Å²) >= 11 is 0. The number of ether oxygens (including phenoxy) is 3. The monoisotopic (exact) mass is 499 g/mol. The molecule has 0 atom stereocenters. The predicted molar refractivity (Wildman–Crippen MR) is 133 cm³/mol. The smallest absolute Gasteiger partial charge is 0.255 e. The molecule has 4 N–H and O–H groups in total. The van der Waals surface area contributed by atoms with Gasteiger partial charge in [-0.2, -0.15) is 0 Å². The third kappa shape index (κ3) is 4.50. The topological polar surface area (TPSA) is 124 Å². The average Bonchev–Trinajstić information content (AvgIpc) is 3.46. The van der Waals surface area contributed by atoms with E-state index in [2.05, 4.69) is 20.3 Å². The van der Waals surface area contributed by atoms with Crippen LogP contribution >= 0.6 is 12.4 Å². The Morgan fingerprint density at radius 3 is 2.74 bits per heavy atom. The van der Waals surface area contributed by atoms with Crippen molar-refractivity contribution < 1.29 is 19.0 Å². The van der Waals surface area contributed by atoms with Gasteiger partial charge >= 0.3 is 0 Å². The highest BCUT2D eigenvalue weighted by molar-refractivity contribution is 6.08. The minimum Gasteiger partial charge on any atom is -0.492 e. The van der Waals surface area contributed by atoms with E-state index in [1.54, 1.807) is 6.20 Å². The minimum atomic E-state index is -0.143. The summed E-state index contributed by atoms with van der Waals surface area (Å²) in [5.41, 5.74) is 9.07. The Morgan fingerprint density at radius 2 is 1.97 bits per heavy atom. The molecule has 0 bridgehead atoms. The molecular formula is C25H30ClN5O4. The van der Waals surface area contributed by atoms with Gasteiger partial charge in [0.05, 0.1) is 23.3 Å². The van der Waals surface area contributed by atoms with Crippen molar-refractivity contribution in [2.45, 2.75) is 57.0 Å². The van der Waals surface area contributed by atoms with E-state index in [-0.39, 0.29) is 37.2 Å². The fraction of sp³-hybridized carbons (Fsp3) is 0.480. The predicted octanol–water partition coefficient (Wildman–Crippen LogP) is 3.95. The van der Waals surface area contributed by atoms with E-state index in [9.17, 15) is 4.79 Å². The molecule has 1 aromatic carbocycles. The number of hydrogen-bond acceptors (Lipinski definition) is 7. The highest BCUT2D eigenvalue weighted by Crippen LogP contribution is 2.48. The summed E-state index contributed by atoms with van der Waals surface area (Å²) in [6, 6.07) is 4.13. The molecule has 186 valence electrons. The molecule has 2 fully saturated rings. The number of fused-ring (bicyclic) bond motifs is 2. The normalized spacial score (nSPS) is 21.3. The number of carbonyl (C=O) groups is 1. The summed E-state index contributed by atoms with van der Waals surface area (Å²) in [7, 11) is 0. The summed E-state index contributed by atoms with van der Waals surface area (Å²) in [6.45, 7) is 0.802. The summed E-state index contributed by atoms with van der Waals surface area (Å²) in [6.07, 6.45) is 10.5. The first-order chi connectivity index (χ1) is 16.7. The molecule has 0 unspecified atom stereocenters. The van der Waals surface area contributed by atoms with Crippen molar-refractivity contribution >= 4 is 29.3 Å². The third-order valence-corrected chi connectivity index (χ3v) is 7.25. The van der Waals surface area contributed by atoms with Crippen LogP contribution in [0.4, 0.5) is 0 Å². The van der Waals surface area contributed by atoms with Gasteiger partial charge in [-0.25, -0.2) is 9.97 Å². The number of carbonyl (C=O) groups excluding carboxylic acids is 1. The highest BCUT2D eigenvalue weighted by Gasteiger charge is 2.29. The lowest BCUT2D eigenvalue weighted by atomic mass is 9.86. The molecular weight excluding hydrogens is 470 g/mol. The first kappa shape index (κ1) is 23.7. The van der Waals surface area contributed by atoms with Crippen LogP contribution in [0.3, 0.4) is 0 Å². The number of aromatic amines is 1. The second-order valence-corrected chi connectivity index (χ2v) is 9.51. The number of H-pyrrole nitrogens is 1. The molecule has 1 amide bonds. The maximum Gasteiger partial charge on any atom is 0.255 e. The van der Waals surface area contributed by atoms with Crippen LogP contribution in [0.25, 0.3) is 22.3 Å². The number of aromatic nitrogens is 3. The fourth-order valence-electron chi connectivity index (χ4n) is 4.99. The largest absolute Gasteiger partial charge is 0.492 e. The Morgan fingerprint density at radius 1 is 1.14 bits per heavy atom. The molecule has 1 aliphatic heterocycles. The molecule has 10 heteroatoms. The molecule has 35 heavy (non-hydrogen) atoms. The van der Waals surface area contributed by atoms with Gasteiger partial charge in [-0.15, -0.1) is 12.4 Å². The highest BCUT2D eigenvalue weighted by atomic mass is 35.5. The zero-order valence-corrected chi connectivity index (χ0v) is 20.2. The van der Waals surface area contributed by atoms with E-state index in [4.69, 9.17) is 19.9 Å². The number of benzene rings is 1. The molecule has 0 saturated heterocycles. The Labute approximate surface area is 209 Å². The van der Waals surface area contributed by atoms with Crippen LogP contribution in [0.15, 0.2) is 24.7 Å². The second kappa shape index (κ2) is 9.91. The van der Waals surface area contributed by atoms with Gasteiger partial charge in [0.1, 0.15) is 23.3 Å². The maximum atomic E-state index is 13.1. The quantitative estimate of drug-likeness (QED) is 0.469. The van der Waals surface area contributed by atoms with E-state index >= 15 is 0 Å². The number of nitrogens with one attached hydrogen (secondary N) is 2. The number of nitrogens with zero attached hydrogens (tertiary/aromatic N) is 2. The van der Waals surface area contributed by atoms with Gasteiger partial charge in [-0.3, -0.25) is 4.79 Å². The third-order valence-electron chi connectivity index (χ3n) is 7.25. The van der Waals surface area contributed by atoms with Crippen LogP contribution in [-0.2, 0) is 0 Å². The van der Waals surface area contributed by atoms with Gasteiger partial charge in [-0.05, 0) is 56.6 Å². The molecule has 3 heterocycles. The van der Waals surface area contributed by atoms with Crippen molar-refractivity contribution in [2.24, 2.45) is 11.7 Å². The Hall–Kier alpha value is -3.04. The first-order valence-electron chi connectivity index (χ1n) is 12.1. The van der Waals surface area contributed by atoms with Gasteiger partial charge in [0.15, 0.2) is 11.5 Å². The molecule has 6 rings (SSSR count). The van der Waals surface area contributed by atoms with Crippen LogP contribution in [0.5, 0.6) is 17.2 Å². The summed E-state index contributed by atoms with van der Waals surface area (Å²) < 4.78 is 17.7. The number of rotatable bonds is 6. The van der Waals surface area contributed by atoms with Crippen molar-refractivity contribution in [1.29, 1.82) is 0 Å². The molecule has 0 spiro atoms. The fourth-order valence-corrected chi connectivity index (χ4v) is 4.99. The average molecular weight is 500 g/mol. The summed E-state index contributed by atoms with van der Waals surface area (Å²) in [4.78, 5) is 25.3. The second-order valence-electron chi connectivity index (χ2n) is 9.51. The van der Waals surface area contributed by atoms with E-state index in [1.807, 2.05) is 12.1 Å². The van der Waals surface area contributed by atoms with Crippen molar-refractivity contribution in [3.63, 3.8) is 0 Å². The van der Waals surface area contributed by atoms with E-state index in [1.165, 1.54) is 25.6 Å². The van der Waals surface area contributed by atoms with Crippen molar-refractivity contribution in [1.82, 2.24) is 20.3 Å². The van der Waals surface area contributed by atoms with Crippen LogP contribution < -0.4 is 25.3 Å². The number of halogens is 1. The Kier molecular flexibility index (Phi) is 6.71. The molecule has 0 radical (unpaired) electrons. The standard InChI is InChI=1S/C25H29N5O4.ClH/c26-15-4-6-16(7-5-15)30-25(31)17-10-27-23-21(17)28-12-29-22(23)20-18(32-11-14-2-1-3-14)8-9-19-24(20)34-13-33-19;/h8-10,12,14-16,27H,1-7,11,13,26H2,(H,30,31);1H/t15-,16-;. The van der Waals surface area contributed by atoms with Crippen LogP contribution in [-0.4, -0.2) is 46.3 Å². The number of amides is 1. The van der Waals surface area contributed by atoms with Crippen molar-refractivity contribution in [2.75, 3.05) is 13.4 Å². The maximum absolute atomic E-state index is 13.1. The van der Waals surface area contributed by atoms with Crippen molar-refractivity contribution in [3.8, 4) is 28.5 Å². The minimum absolute atomic E-state index is 0. The van der Waals surface area contributed by atoms with Crippen molar-refractivity contribution in [3.05, 3.63) is 30.2 Å². The lowest BCUT2D eigenvalue weighted by Gasteiger charge is -2.26. The molecule has 2 saturated carbocycles. The Balaban J connectivity index is 0.00000253. The van der Waals surface area contributed by atoms with Gasteiger partial charge in [0, 0.05) is 18.3 Å². The number of nitrogens with two attached hydrogens (primary N) is 1. The zero-order chi connectivity index (χ0) is 23.1. The molecule has 3 aromatic rings. The van der Waals surface area contributed by atoms with E-state index < -0.39 is 0 Å². The molecule has 3 aliphatic rings. The summed E-state index contributed by atoms with van der Waals surface area (Å²) in [5, 5.41) is 3.15. The zero-order valence-electron chi connectivity index (χ0n) is 19.4. The molecule has 2 aliphatic carbocycles. The van der Waals surface area contributed by atoms with E-state index in [0.717, 1.165) is 31.2 Å². The lowest BCUT2D eigenvalue weighted by Crippen LogP contribution is -2.40. The van der Waals surface area contributed by atoms with E-state index in [0.29, 0.717) is 52.1 Å². The van der Waals surface area contributed by atoms with Gasteiger partial charge in [0.25, 0.3) is 5.91 Å². The first-order valence-corrected chi connectivity index (χ1v) is 12.1. The number of hydrogen-bond donors (Lipinski definition) is 3. The summed E-state index contributed by atoms with van der Waals surface area (Å²) in [5.74, 6) is 2.38. The lowest BCUT2D eigenvalue weighted by molar-refractivity contribution is 0.0927. The molecule has 9 nitrogen and oxygen atoms in total. The van der Waals surface area contributed by atoms with Gasteiger partial charge in [-0.1, -0.05) is 6.42 Å². The SMILES string of the molecule is Cl.N[C@H]1CC[C@H](NC(=O)c2c[nH]c3c(-c4c(OCC5CCC5)ccc5c4OCO5)ncnc23)CC1. The van der Waals surface area contributed by atoms with Gasteiger partial charge < -0.3 is 30.2 Å². The van der Waals surface area contributed by atoms with Crippen LogP contribution in [0, 0.1) is 5.92 Å². The van der Waals surface area contributed by atoms with Crippen LogP contribution in [0.1, 0.15) is 55.3 Å². The Bertz CT molecular complexity index is 1220. The molecule has 2 aromatic heterocycles.